The number of ether oxygens (including phenoxy) is 3. The monoisotopic (exact) mass is 995 g/mol. The van der Waals surface area contributed by atoms with Crippen molar-refractivity contribution in [2.75, 3.05) is 19.8 Å². The molecule has 0 spiro atoms. The molecule has 0 aliphatic carbocycles. The van der Waals surface area contributed by atoms with Crippen molar-refractivity contribution in [2.45, 2.75) is 258 Å². The number of allylic oxidation sites excluding steroid dienone is 22. The molecule has 0 saturated carbocycles. The molecule has 5 nitrogen and oxygen atoms in total. The van der Waals surface area contributed by atoms with E-state index in [1.54, 1.807) is 0 Å². The lowest BCUT2D eigenvalue weighted by Crippen LogP contribution is -2.30. The van der Waals surface area contributed by atoms with Crippen LogP contribution >= 0.6 is 0 Å². The molecule has 0 aliphatic rings. The van der Waals surface area contributed by atoms with E-state index in [1.807, 2.05) is 0 Å². The van der Waals surface area contributed by atoms with E-state index in [9.17, 15) is 9.59 Å². The number of hydrogen-bond donors (Lipinski definition) is 0. The fourth-order valence-corrected chi connectivity index (χ4v) is 7.79. The molecule has 0 aromatic carbocycles. The van der Waals surface area contributed by atoms with E-state index in [4.69, 9.17) is 14.2 Å². The van der Waals surface area contributed by atoms with Gasteiger partial charge < -0.3 is 14.2 Å². The Morgan fingerprint density at radius 1 is 0.319 bits per heavy atom. The van der Waals surface area contributed by atoms with E-state index in [1.165, 1.54) is 89.9 Å². The maximum Gasteiger partial charge on any atom is 0.306 e. The summed E-state index contributed by atoms with van der Waals surface area (Å²) in [5.41, 5.74) is 0. The first-order valence-corrected chi connectivity index (χ1v) is 29.7. The van der Waals surface area contributed by atoms with Gasteiger partial charge in [0.15, 0.2) is 6.10 Å². The Bertz CT molecular complexity index is 1500. The van der Waals surface area contributed by atoms with E-state index < -0.39 is 6.10 Å². The average Bonchev–Trinajstić information content (AvgIpc) is 3.38. The van der Waals surface area contributed by atoms with Gasteiger partial charge >= 0.3 is 11.9 Å². The fraction of sp³-hybridized carbons (Fsp3) is 0.642. The number of unbranched alkanes of at least 4 members (excludes halogenated alkanes) is 20. The second-order valence-corrected chi connectivity index (χ2v) is 19.1. The number of hydrogen-bond acceptors (Lipinski definition) is 5. The largest absolute Gasteiger partial charge is 0.462 e. The molecule has 0 radical (unpaired) electrons. The first kappa shape index (κ1) is 68.0. The molecule has 0 amide bonds. The van der Waals surface area contributed by atoms with Gasteiger partial charge in [0.2, 0.25) is 0 Å². The molecule has 0 aromatic heterocycles. The minimum Gasteiger partial charge on any atom is -0.462 e. The number of esters is 2. The first-order chi connectivity index (χ1) is 35.6. The molecular weight excluding hydrogens is 885 g/mol. The highest BCUT2D eigenvalue weighted by Crippen LogP contribution is 2.14. The normalized spacial score (nSPS) is 13.2. The van der Waals surface area contributed by atoms with Crippen LogP contribution in [0.25, 0.3) is 0 Å². The van der Waals surface area contributed by atoms with Gasteiger partial charge in [0, 0.05) is 19.4 Å². The molecule has 0 saturated heterocycles. The summed E-state index contributed by atoms with van der Waals surface area (Å²) >= 11 is 0. The summed E-state index contributed by atoms with van der Waals surface area (Å²) in [7, 11) is 0. The van der Waals surface area contributed by atoms with Crippen LogP contribution in [0.1, 0.15) is 252 Å². The van der Waals surface area contributed by atoms with Crippen LogP contribution < -0.4 is 0 Å². The second kappa shape index (κ2) is 61.3. The molecule has 0 N–H and O–H groups in total. The first-order valence-electron chi connectivity index (χ1n) is 29.7. The highest BCUT2D eigenvalue weighted by atomic mass is 16.6. The van der Waals surface area contributed by atoms with Crippen LogP contribution in [0.3, 0.4) is 0 Å². The maximum atomic E-state index is 12.9. The van der Waals surface area contributed by atoms with E-state index in [0.29, 0.717) is 19.4 Å². The van der Waals surface area contributed by atoms with Crippen molar-refractivity contribution >= 4 is 11.9 Å². The number of carbonyl (C=O) groups is 2. The van der Waals surface area contributed by atoms with Crippen molar-refractivity contribution in [1.29, 1.82) is 0 Å². The van der Waals surface area contributed by atoms with Crippen LogP contribution in [0, 0.1) is 0 Å². The summed E-state index contributed by atoms with van der Waals surface area (Å²) in [6, 6.07) is 0. The Labute approximate surface area is 445 Å². The summed E-state index contributed by atoms with van der Waals surface area (Å²) in [5, 5.41) is 0. The molecule has 1 atom stereocenters. The summed E-state index contributed by atoms with van der Waals surface area (Å²) in [5.74, 6) is -0.458. The lowest BCUT2D eigenvalue weighted by Gasteiger charge is -2.18. The minimum absolute atomic E-state index is 0.0514. The predicted octanol–water partition coefficient (Wildman–Crippen LogP) is 20.7. The Morgan fingerprint density at radius 2 is 0.625 bits per heavy atom. The molecule has 0 heterocycles. The lowest BCUT2D eigenvalue weighted by atomic mass is 10.1. The van der Waals surface area contributed by atoms with Gasteiger partial charge in [-0.25, -0.2) is 0 Å². The smallest absolute Gasteiger partial charge is 0.306 e. The Morgan fingerprint density at radius 3 is 1.01 bits per heavy atom. The highest BCUT2D eigenvalue weighted by molar-refractivity contribution is 5.70. The number of carbonyl (C=O) groups excluding carboxylic acids is 2. The molecule has 0 bridgehead atoms. The standard InChI is InChI=1S/C67H110O5/c1-4-7-10-13-16-19-22-25-28-31-34-36-39-42-45-48-51-54-57-60-66(68)71-64-65(63-70-62-59-56-53-50-47-44-41-38-33-30-27-24-21-18-15-12-9-6-3)72-67(69)61-58-55-52-49-46-43-40-37-35-32-29-26-23-20-17-14-11-8-5-2/h7-8,10-11,16-21,25-30,34-37,42,45,65H,4-6,9,12-15,22-24,31-33,38-41,43-44,46-64H2,1-3H3/b10-7-,11-8-,19-16-,20-17-,21-18-,28-25-,29-26-,30-27-,36-34-,37-35-,45-42-. The zero-order valence-electron chi connectivity index (χ0n) is 46.9. The van der Waals surface area contributed by atoms with Gasteiger partial charge in [0.25, 0.3) is 0 Å². The molecule has 1 unspecified atom stereocenters. The molecular formula is C67H110O5. The van der Waals surface area contributed by atoms with Gasteiger partial charge in [-0.15, -0.1) is 0 Å². The zero-order valence-corrected chi connectivity index (χ0v) is 46.9. The van der Waals surface area contributed by atoms with Crippen LogP contribution in [0.2, 0.25) is 0 Å². The molecule has 408 valence electrons. The van der Waals surface area contributed by atoms with Crippen LogP contribution in [-0.2, 0) is 23.8 Å². The lowest BCUT2D eigenvalue weighted by molar-refractivity contribution is -0.163. The average molecular weight is 996 g/mol. The van der Waals surface area contributed by atoms with E-state index in [2.05, 4.69) is 154 Å². The van der Waals surface area contributed by atoms with Crippen LogP contribution in [0.4, 0.5) is 0 Å². The van der Waals surface area contributed by atoms with Gasteiger partial charge in [-0.1, -0.05) is 238 Å². The van der Waals surface area contributed by atoms with Crippen molar-refractivity contribution in [3.8, 4) is 0 Å². The Kier molecular flexibility index (Phi) is 58.0. The van der Waals surface area contributed by atoms with E-state index in [0.717, 1.165) is 128 Å². The van der Waals surface area contributed by atoms with E-state index >= 15 is 0 Å². The van der Waals surface area contributed by atoms with Crippen molar-refractivity contribution in [3.63, 3.8) is 0 Å². The quantitative estimate of drug-likeness (QED) is 0.0345. The van der Waals surface area contributed by atoms with E-state index in [-0.39, 0.29) is 25.2 Å². The van der Waals surface area contributed by atoms with Crippen molar-refractivity contribution in [2.24, 2.45) is 0 Å². The highest BCUT2D eigenvalue weighted by Gasteiger charge is 2.17. The van der Waals surface area contributed by atoms with Gasteiger partial charge in [0.1, 0.15) is 6.61 Å². The molecule has 0 fully saturated rings. The van der Waals surface area contributed by atoms with Crippen molar-refractivity contribution < 1.29 is 23.8 Å². The summed E-state index contributed by atoms with van der Waals surface area (Å²) in [6.45, 7) is 7.51. The third kappa shape index (κ3) is 58.6. The third-order valence-electron chi connectivity index (χ3n) is 12.2. The van der Waals surface area contributed by atoms with Gasteiger partial charge in [-0.05, 0) is 135 Å². The summed E-state index contributed by atoms with van der Waals surface area (Å²) in [6.07, 6.45) is 87.6. The molecule has 0 aliphatic heterocycles. The van der Waals surface area contributed by atoms with Crippen molar-refractivity contribution in [1.82, 2.24) is 0 Å². The Hall–Kier alpha value is -3.96. The van der Waals surface area contributed by atoms with Gasteiger partial charge in [0.05, 0.1) is 6.61 Å². The van der Waals surface area contributed by atoms with Gasteiger partial charge in [-0.3, -0.25) is 9.59 Å². The zero-order chi connectivity index (χ0) is 52.0. The van der Waals surface area contributed by atoms with Crippen molar-refractivity contribution in [3.05, 3.63) is 134 Å². The third-order valence-corrected chi connectivity index (χ3v) is 12.2. The number of rotatable bonds is 53. The van der Waals surface area contributed by atoms with Crippen LogP contribution in [0.15, 0.2) is 134 Å². The predicted molar refractivity (Wildman–Crippen MR) is 315 cm³/mol. The summed E-state index contributed by atoms with van der Waals surface area (Å²) in [4.78, 5) is 25.6. The SMILES string of the molecule is CC/C=C\C/C=C\C/C=C\C/C=C\C/C=C\CCCCCC(=O)OCC(COCCCCCCCCCC/C=C\C/C=C\CCCCC)OC(=O)CCCCCCCC/C=C\C/C=C\C/C=C\C/C=C\CC. The second-order valence-electron chi connectivity index (χ2n) is 19.1. The molecule has 5 heteroatoms. The molecule has 0 aromatic rings. The van der Waals surface area contributed by atoms with Crippen LogP contribution in [0.5, 0.6) is 0 Å². The summed E-state index contributed by atoms with van der Waals surface area (Å²) < 4.78 is 17.5. The fourth-order valence-electron chi connectivity index (χ4n) is 7.79. The molecule has 0 rings (SSSR count). The maximum absolute atomic E-state index is 12.9. The van der Waals surface area contributed by atoms with Gasteiger partial charge in [-0.2, -0.15) is 0 Å². The molecule has 72 heavy (non-hydrogen) atoms. The minimum atomic E-state index is -0.572. The van der Waals surface area contributed by atoms with Crippen LogP contribution in [-0.4, -0.2) is 37.9 Å². The Balaban J connectivity index is 4.41. The topological polar surface area (TPSA) is 61.8 Å².